The van der Waals surface area contributed by atoms with Crippen molar-refractivity contribution in [2.45, 2.75) is 43.0 Å². The second-order valence-corrected chi connectivity index (χ2v) is 9.03. The van der Waals surface area contributed by atoms with Crippen LogP contribution in [0.15, 0.2) is 77.7 Å². The number of thioether (sulfide) groups is 1. The summed E-state index contributed by atoms with van der Waals surface area (Å²) in [6.07, 6.45) is -0.0286. The van der Waals surface area contributed by atoms with Crippen LogP contribution in [0.3, 0.4) is 0 Å². The summed E-state index contributed by atoms with van der Waals surface area (Å²) in [4.78, 5) is 12.1. The molecular formula is C26H27NO5S. The van der Waals surface area contributed by atoms with E-state index in [9.17, 15) is 9.90 Å². The number of nitrogens with two attached hydrogens (primary N) is 1. The number of rotatable bonds is 8. The number of carboxylic acids is 1. The highest BCUT2D eigenvalue weighted by molar-refractivity contribution is 7.99. The molecule has 1 aliphatic heterocycles. The highest BCUT2D eigenvalue weighted by Gasteiger charge is 2.32. The first-order valence-corrected chi connectivity index (χ1v) is 11.8. The van der Waals surface area contributed by atoms with Crippen LogP contribution in [-0.4, -0.2) is 28.0 Å². The lowest BCUT2D eigenvalue weighted by molar-refractivity contribution is -0.245. The van der Waals surface area contributed by atoms with Gasteiger partial charge in [0.1, 0.15) is 0 Å². The molecule has 33 heavy (non-hydrogen) atoms. The van der Waals surface area contributed by atoms with Crippen molar-refractivity contribution in [1.82, 2.24) is 0 Å². The molecule has 0 saturated carbocycles. The molecule has 3 atom stereocenters. The number of ether oxygens (including phenoxy) is 2. The van der Waals surface area contributed by atoms with Gasteiger partial charge in [0.15, 0.2) is 6.29 Å². The van der Waals surface area contributed by atoms with E-state index in [4.69, 9.17) is 20.3 Å². The van der Waals surface area contributed by atoms with Gasteiger partial charge in [-0.05, 0) is 41.0 Å². The smallest absolute Gasteiger partial charge is 0.335 e. The fourth-order valence-corrected chi connectivity index (χ4v) is 4.64. The van der Waals surface area contributed by atoms with Crippen LogP contribution in [0.5, 0.6) is 0 Å². The summed E-state index contributed by atoms with van der Waals surface area (Å²) in [6, 6.07) is 22.6. The van der Waals surface area contributed by atoms with E-state index in [0.29, 0.717) is 18.7 Å². The summed E-state index contributed by atoms with van der Waals surface area (Å²) in [7, 11) is 0. The molecule has 1 aliphatic rings. The van der Waals surface area contributed by atoms with E-state index in [1.54, 1.807) is 23.9 Å². The third-order valence-corrected chi connectivity index (χ3v) is 6.78. The third-order valence-electron chi connectivity index (χ3n) is 5.64. The number of hydrogen-bond donors (Lipinski definition) is 3. The average molecular weight is 466 g/mol. The quantitative estimate of drug-likeness (QED) is 0.415. The molecule has 3 aromatic carbocycles. The molecule has 7 heteroatoms. The van der Waals surface area contributed by atoms with Gasteiger partial charge in [0, 0.05) is 29.2 Å². The van der Waals surface area contributed by atoms with E-state index < -0.39 is 12.3 Å². The largest absolute Gasteiger partial charge is 0.478 e. The van der Waals surface area contributed by atoms with Crippen LogP contribution in [0.2, 0.25) is 0 Å². The van der Waals surface area contributed by atoms with Crippen molar-refractivity contribution < 1.29 is 24.5 Å². The summed E-state index contributed by atoms with van der Waals surface area (Å²) in [5.41, 5.74) is 9.88. The van der Waals surface area contributed by atoms with Gasteiger partial charge in [-0.2, -0.15) is 0 Å². The van der Waals surface area contributed by atoms with E-state index in [-0.39, 0.29) is 24.4 Å². The Labute approximate surface area is 197 Å². The number of aliphatic hydroxyl groups is 1. The molecule has 4 N–H and O–H groups in total. The Hall–Kier alpha value is -2.68. The number of carboxylic acid groups (broad SMARTS) is 1. The van der Waals surface area contributed by atoms with Gasteiger partial charge in [-0.25, -0.2) is 4.79 Å². The van der Waals surface area contributed by atoms with E-state index in [1.165, 1.54) is 0 Å². The molecule has 0 unspecified atom stereocenters. The Balaban J connectivity index is 1.50. The van der Waals surface area contributed by atoms with Crippen LogP contribution in [0, 0.1) is 0 Å². The summed E-state index contributed by atoms with van der Waals surface area (Å²) in [6.45, 7) is 0.484. The summed E-state index contributed by atoms with van der Waals surface area (Å²) >= 11 is 1.63. The van der Waals surface area contributed by atoms with Crippen LogP contribution in [0.25, 0.3) is 0 Å². The minimum absolute atomic E-state index is 0.00493. The van der Waals surface area contributed by atoms with Gasteiger partial charge in [0.25, 0.3) is 0 Å². The molecular weight excluding hydrogens is 438 g/mol. The maximum absolute atomic E-state index is 11.1. The zero-order valence-electron chi connectivity index (χ0n) is 18.1. The van der Waals surface area contributed by atoms with Gasteiger partial charge in [0.05, 0.1) is 24.4 Å². The molecule has 0 aliphatic carbocycles. The van der Waals surface area contributed by atoms with Crippen molar-refractivity contribution >= 4 is 17.7 Å². The summed E-state index contributed by atoms with van der Waals surface area (Å²) in [5.74, 6) is -0.226. The molecule has 1 heterocycles. The first kappa shape index (κ1) is 23.5. The first-order chi connectivity index (χ1) is 16.1. The Kier molecular flexibility index (Phi) is 7.80. The van der Waals surface area contributed by atoms with Crippen LogP contribution < -0.4 is 5.73 Å². The molecule has 0 aromatic heterocycles. The fourth-order valence-electron chi connectivity index (χ4n) is 3.72. The van der Waals surface area contributed by atoms with Gasteiger partial charge in [-0.3, -0.25) is 0 Å². The van der Waals surface area contributed by atoms with E-state index >= 15 is 0 Å². The zero-order chi connectivity index (χ0) is 23.2. The zero-order valence-corrected chi connectivity index (χ0v) is 18.9. The summed E-state index contributed by atoms with van der Waals surface area (Å²) in [5, 5.41) is 18.4. The van der Waals surface area contributed by atoms with Crippen molar-refractivity contribution in [2.24, 2.45) is 5.73 Å². The second kappa shape index (κ2) is 11.0. The molecule has 0 spiro atoms. The number of carbonyl (C=O) groups is 1. The number of aromatic carboxylic acids is 1. The molecule has 3 aromatic rings. The molecule has 1 fully saturated rings. The molecule has 0 amide bonds. The Morgan fingerprint density at radius 2 is 1.55 bits per heavy atom. The van der Waals surface area contributed by atoms with Crippen molar-refractivity contribution in [3.8, 4) is 0 Å². The van der Waals surface area contributed by atoms with Gasteiger partial charge in [-0.1, -0.05) is 48.5 Å². The van der Waals surface area contributed by atoms with Gasteiger partial charge >= 0.3 is 5.97 Å². The lowest BCUT2D eigenvalue weighted by Crippen LogP contribution is -2.31. The Bertz CT molecular complexity index is 998. The molecule has 172 valence electrons. The van der Waals surface area contributed by atoms with E-state index in [0.717, 1.165) is 27.1 Å². The lowest BCUT2D eigenvalue weighted by atomic mass is 10.0. The highest BCUT2D eigenvalue weighted by atomic mass is 32.2. The maximum Gasteiger partial charge on any atom is 0.335 e. The van der Waals surface area contributed by atoms with Gasteiger partial charge in [-0.15, -0.1) is 11.8 Å². The fraction of sp³-hybridized carbons (Fsp3) is 0.269. The summed E-state index contributed by atoms with van der Waals surface area (Å²) < 4.78 is 12.7. The van der Waals surface area contributed by atoms with Crippen molar-refractivity contribution in [1.29, 1.82) is 0 Å². The van der Waals surface area contributed by atoms with Crippen LogP contribution >= 0.6 is 11.8 Å². The molecule has 0 bridgehead atoms. The molecule has 4 rings (SSSR count). The second-order valence-electron chi connectivity index (χ2n) is 7.94. The maximum atomic E-state index is 11.1. The number of hydrogen-bond acceptors (Lipinski definition) is 6. The van der Waals surface area contributed by atoms with Crippen LogP contribution in [-0.2, 0) is 22.6 Å². The van der Waals surface area contributed by atoms with Crippen molar-refractivity contribution in [3.63, 3.8) is 0 Å². The van der Waals surface area contributed by atoms with Crippen molar-refractivity contribution in [2.75, 3.05) is 5.75 Å². The number of aliphatic hydroxyl groups excluding tert-OH is 1. The average Bonchev–Trinajstić information content (AvgIpc) is 2.87. The van der Waals surface area contributed by atoms with E-state index in [2.05, 4.69) is 0 Å². The predicted molar refractivity (Wildman–Crippen MR) is 127 cm³/mol. The first-order valence-electron chi connectivity index (χ1n) is 10.8. The molecule has 1 saturated heterocycles. The normalized spacial score (nSPS) is 20.5. The SMILES string of the molecule is NCc1ccc([C@@H]2O[C@H](CSc3ccc(C(=O)O)cc3)C[C@H](c3ccc(CO)cc3)O2)cc1. The Morgan fingerprint density at radius 1 is 0.909 bits per heavy atom. The highest BCUT2D eigenvalue weighted by Crippen LogP contribution is 2.39. The monoisotopic (exact) mass is 465 g/mol. The van der Waals surface area contributed by atoms with Crippen LogP contribution in [0.4, 0.5) is 0 Å². The molecule has 0 radical (unpaired) electrons. The van der Waals surface area contributed by atoms with Crippen molar-refractivity contribution in [3.05, 3.63) is 101 Å². The van der Waals surface area contributed by atoms with E-state index in [1.807, 2.05) is 60.7 Å². The standard InChI is InChI=1S/C26H27NO5S/c27-14-17-1-7-21(8-2-17)26-31-22(16-33-23-11-9-20(10-12-23)25(29)30)13-24(32-26)19-5-3-18(15-28)4-6-19/h1-12,22,24,26,28H,13-16,27H2,(H,29,30)/t22-,24+,26+/m0/s1. The predicted octanol–water partition coefficient (Wildman–Crippen LogP) is 4.67. The minimum Gasteiger partial charge on any atom is -0.478 e. The number of benzene rings is 3. The molecule has 6 nitrogen and oxygen atoms in total. The third kappa shape index (κ3) is 6.01. The topological polar surface area (TPSA) is 102 Å². The Morgan fingerprint density at radius 3 is 2.15 bits per heavy atom. The lowest BCUT2D eigenvalue weighted by Gasteiger charge is -2.36. The minimum atomic E-state index is -0.933. The van der Waals surface area contributed by atoms with Gasteiger partial charge < -0.3 is 25.4 Å². The van der Waals surface area contributed by atoms with Crippen LogP contribution in [0.1, 0.15) is 51.4 Å². The van der Waals surface area contributed by atoms with Gasteiger partial charge in [0.2, 0.25) is 0 Å².